The minimum atomic E-state index is 0.750. The van der Waals surface area contributed by atoms with Gasteiger partial charge in [0.05, 0.1) is 0 Å². The van der Waals surface area contributed by atoms with Gasteiger partial charge in [-0.3, -0.25) is 0 Å². The highest BCUT2D eigenvalue weighted by molar-refractivity contribution is 5.28. The van der Waals surface area contributed by atoms with Crippen molar-refractivity contribution in [3.63, 3.8) is 0 Å². The van der Waals surface area contributed by atoms with Gasteiger partial charge in [0.25, 0.3) is 0 Å². The van der Waals surface area contributed by atoms with Gasteiger partial charge in [0.15, 0.2) is 0 Å². The lowest BCUT2D eigenvalue weighted by Crippen LogP contribution is -2.12. The summed E-state index contributed by atoms with van der Waals surface area (Å²) in [4.78, 5) is 0. The average Bonchev–Trinajstić information content (AvgIpc) is 2.74. The van der Waals surface area contributed by atoms with Gasteiger partial charge in [0, 0.05) is 0 Å². The normalized spacial score (nSPS) is 20.7. The molecule has 0 radical (unpaired) electrons. The summed E-state index contributed by atoms with van der Waals surface area (Å²) in [5.41, 5.74) is 8.56. The molecular weight excluding hydrogens is 184 g/mol. The molecule has 1 unspecified atom stereocenters. The Morgan fingerprint density at radius 2 is 2.07 bits per heavy atom. The van der Waals surface area contributed by atoms with Crippen molar-refractivity contribution >= 4 is 0 Å². The number of hydrogen-bond acceptors (Lipinski definition) is 2. The number of nitrogens with two attached hydrogens (primary N) is 1. The second kappa shape index (κ2) is 5.29. The van der Waals surface area contributed by atoms with E-state index in [2.05, 4.69) is 29.6 Å². The van der Waals surface area contributed by atoms with Gasteiger partial charge in [-0.1, -0.05) is 24.3 Å². The molecule has 1 fully saturated rings. The van der Waals surface area contributed by atoms with Crippen molar-refractivity contribution in [2.75, 3.05) is 19.6 Å². The SMILES string of the molecule is NCCc1ccccc1CC1CCNC1. The van der Waals surface area contributed by atoms with E-state index >= 15 is 0 Å². The predicted octanol–water partition coefficient (Wildman–Crippen LogP) is 1.34. The molecule has 1 saturated heterocycles. The van der Waals surface area contributed by atoms with Crippen LogP contribution in [0.4, 0.5) is 0 Å². The van der Waals surface area contributed by atoms with Crippen LogP contribution in [0.2, 0.25) is 0 Å². The first-order valence-corrected chi connectivity index (χ1v) is 5.87. The lowest BCUT2D eigenvalue weighted by atomic mass is 9.94. The van der Waals surface area contributed by atoms with Crippen molar-refractivity contribution in [3.8, 4) is 0 Å². The maximum absolute atomic E-state index is 5.63. The van der Waals surface area contributed by atoms with Crippen LogP contribution in [0, 0.1) is 5.92 Å². The highest BCUT2D eigenvalue weighted by Crippen LogP contribution is 2.18. The first-order chi connectivity index (χ1) is 7.40. The third-order valence-electron chi connectivity index (χ3n) is 3.20. The minimum absolute atomic E-state index is 0.750. The summed E-state index contributed by atoms with van der Waals surface area (Å²) in [5, 5.41) is 3.42. The van der Waals surface area contributed by atoms with E-state index < -0.39 is 0 Å². The lowest BCUT2D eigenvalue weighted by molar-refractivity contribution is 0.577. The summed E-state index contributed by atoms with van der Waals surface area (Å²) in [5.74, 6) is 0.823. The van der Waals surface area contributed by atoms with Crippen LogP contribution in [0.15, 0.2) is 24.3 Å². The molecule has 1 aromatic rings. The third kappa shape index (κ3) is 2.80. The zero-order chi connectivity index (χ0) is 10.5. The minimum Gasteiger partial charge on any atom is -0.330 e. The van der Waals surface area contributed by atoms with E-state index in [1.165, 1.54) is 37.1 Å². The molecule has 1 aliphatic rings. The standard InChI is InChI=1S/C13H20N2/c14-7-5-12-3-1-2-4-13(12)9-11-6-8-15-10-11/h1-4,11,15H,5-10,14H2. The highest BCUT2D eigenvalue weighted by Gasteiger charge is 2.15. The van der Waals surface area contributed by atoms with Crippen molar-refractivity contribution in [2.24, 2.45) is 11.7 Å². The van der Waals surface area contributed by atoms with Crippen LogP contribution in [-0.2, 0) is 12.8 Å². The Morgan fingerprint density at radius 3 is 2.73 bits per heavy atom. The fourth-order valence-electron chi connectivity index (χ4n) is 2.36. The summed E-state index contributed by atoms with van der Waals surface area (Å²) in [6, 6.07) is 8.72. The molecule has 2 nitrogen and oxygen atoms in total. The maximum atomic E-state index is 5.63. The molecule has 0 aromatic heterocycles. The van der Waals surface area contributed by atoms with Crippen molar-refractivity contribution in [1.82, 2.24) is 5.32 Å². The summed E-state index contributed by atoms with van der Waals surface area (Å²) in [6.45, 7) is 3.11. The molecule has 3 N–H and O–H groups in total. The molecule has 0 aliphatic carbocycles. The molecule has 15 heavy (non-hydrogen) atoms. The molecule has 82 valence electrons. The second-order valence-electron chi connectivity index (χ2n) is 4.37. The Labute approximate surface area is 91.9 Å². The summed E-state index contributed by atoms with van der Waals surface area (Å²) in [7, 11) is 0. The van der Waals surface area contributed by atoms with Gasteiger partial charge in [0.2, 0.25) is 0 Å². The molecule has 1 atom stereocenters. The van der Waals surface area contributed by atoms with Crippen LogP contribution < -0.4 is 11.1 Å². The van der Waals surface area contributed by atoms with E-state index in [1.807, 2.05) is 0 Å². The van der Waals surface area contributed by atoms with Gasteiger partial charge in [0.1, 0.15) is 0 Å². The van der Waals surface area contributed by atoms with Crippen molar-refractivity contribution in [3.05, 3.63) is 35.4 Å². The van der Waals surface area contributed by atoms with Crippen LogP contribution in [-0.4, -0.2) is 19.6 Å². The average molecular weight is 204 g/mol. The van der Waals surface area contributed by atoms with E-state index in [1.54, 1.807) is 0 Å². The fourth-order valence-corrected chi connectivity index (χ4v) is 2.36. The first-order valence-electron chi connectivity index (χ1n) is 5.87. The predicted molar refractivity (Wildman–Crippen MR) is 63.9 cm³/mol. The van der Waals surface area contributed by atoms with Gasteiger partial charge in [-0.2, -0.15) is 0 Å². The summed E-state index contributed by atoms with van der Waals surface area (Å²) < 4.78 is 0. The molecule has 1 heterocycles. The van der Waals surface area contributed by atoms with Gasteiger partial charge < -0.3 is 11.1 Å². The van der Waals surface area contributed by atoms with E-state index in [-0.39, 0.29) is 0 Å². The second-order valence-corrected chi connectivity index (χ2v) is 4.37. The van der Waals surface area contributed by atoms with E-state index in [4.69, 9.17) is 5.73 Å². The van der Waals surface area contributed by atoms with Crippen molar-refractivity contribution < 1.29 is 0 Å². The summed E-state index contributed by atoms with van der Waals surface area (Å²) in [6.07, 6.45) is 3.54. The van der Waals surface area contributed by atoms with Gasteiger partial charge >= 0.3 is 0 Å². The first kappa shape index (κ1) is 10.7. The Kier molecular flexibility index (Phi) is 3.75. The Hall–Kier alpha value is -0.860. The van der Waals surface area contributed by atoms with E-state index in [9.17, 15) is 0 Å². The van der Waals surface area contributed by atoms with Crippen LogP contribution in [0.25, 0.3) is 0 Å². The largest absolute Gasteiger partial charge is 0.330 e. The van der Waals surface area contributed by atoms with Crippen LogP contribution >= 0.6 is 0 Å². The lowest BCUT2D eigenvalue weighted by Gasteiger charge is -2.12. The van der Waals surface area contributed by atoms with Crippen LogP contribution in [0.1, 0.15) is 17.5 Å². The number of hydrogen-bond donors (Lipinski definition) is 2. The zero-order valence-corrected chi connectivity index (χ0v) is 9.21. The molecule has 2 rings (SSSR count). The third-order valence-corrected chi connectivity index (χ3v) is 3.20. The fraction of sp³-hybridized carbons (Fsp3) is 0.538. The van der Waals surface area contributed by atoms with Crippen molar-refractivity contribution in [2.45, 2.75) is 19.3 Å². The number of rotatable bonds is 4. The van der Waals surface area contributed by atoms with Crippen molar-refractivity contribution in [1.29, 1.82) is 0 Å². The maximum Gasteiger partial charge on any atom is -0.00169 e. The molecule has 0 spiro atoms. The monoisotopic (exact) mass is 204 g/mol. The smallest absolute Gasteiger partial charge is 0.00169 e. The quantitative estimate of drug-likeness (QED) is 0.776. The highest BCUT2D eigenvalue weighted by atomic mass is 14.9. The molecule has 0 bridgehead atoms. The topological polar surface area (TPSA) is 38.0 Å². The van der Waals surface area contributed by atoms with E-state index in [0.717, 1.165) is 18.9 Å². The zero-order valence-electron chi connectivity index (χ0n) is 9.21. The molecule has 2 heteroatoms. The molecular formula is C13H20N2. The Morgan fingerprint density at radius 1 is 1.27 bits per heavy atom. The Balaban J connectivity index is 2.05. The van der Waals surface area contributed by atoms with Gasteiger partial charge in [-0.15, -0.1) is 0 Å². The number of benzene rings is 1. The van der Waals surface area contributed by atoms with Crippen LogP contribution in [0.3, 0.4) is 0 Å². The molecule has 0 saturated carbocycles. The number of nitrogens with one attached hydrogen (secondary N) is 1. The summed E-state index contributed by atoms with van der Waals surface area (Å²) >= 11 is 0. The van der Waals surface area contributed by atoms with Gasteiger partial charge in [-0.05, 0) is 55.9 Å². The Bertz CT molecular complexity index is 303. The van der Waals surface area contributed by atoms with E-state index in [0.29, 0.717) is 0 Å². The molecule has 0 amide bonds. The van der Waals surface area contributed by atoms with Crippen LogP contribution in [0.5, 0.6) is 0 Å². The molecule has 1 aromatic carbocycles. The molecule has 1 aliphatic heterocycles. The van der Waals surface area contributed by atoms with Gasteiger partial charge in [-0.25, -0.2) is 0 Å².